The lowest BCUT2D eigenvalue weighted by atomic mass is 9.87. The molecule has 0 saturated carbocycles. The molecule has 7 heteroatoms. The van der Waals surface area contributed by atoms with Gasteiger partial charge in [-0.15, -0.1) is 0 Å². The third-order valence-electron chi connectivity index (χ3n) is 6.69. The van der Waals surface area contributed by atoms with Gasteiger partial charge in [-0.05, 0) is 75.6 Å². The molecule has 5 nitrogen and oxygen atoms in total. The predicted octanol–water partition coefficient (Wildman–Crippen LogP) is 7.44. The fourth-order valence-corrected chi connectivity index (χ4v) is 4.85. The van der Waals surface area contributed by atoms with Gasteiger partial charge in [0, 0.05) is 23.5 Å². The molecule has 2 atom stereocenters. The standard InChI is InChI=1S/C32H38Br2N2O3/c1-6-22(2)35-31(38)28(18-23-10-8-7-9-11-23)36(20-24-12-15-26(33)16-13-24)30(37)21-39-29-17-14-25(19-27(29)34)32(3,4)5/h7-17,19,22,28H,6,18,20-21H2,1-5H3,(H,35,38)/t22-,28-/m0/s1. The Kier molecular flexibility index (Phi) is 11.2. The molecular weight excluding hydrogens is 620 g/mol. The van der Waals surface area contributed by atoms with Gasteiger partial charge in [0.1, 0.15) is 11.8 Å². The normalized spacial score (nSPS) is 12.9. The third kappa shape index (κ3) is 9.21. The first-order valence-electron chi connectivity index (χ1n) is 13.3. The van der Waals surface area contributed by atoms with Crippen LogP contribution in [0.1, 0.15) is 57.7 Å². The number of nitrogens with one attached hydrogen (secondary N) is 1. The summed E-state index contributed by atoms with van der Waals surface area (Å²) < 4.78 is 7.75. The number of carbonyl (C=O) groups is 2. The zero-order chi connectivity index (χ0) is 28.6. The van der Waals surface area contributed by atoms with Crippen LogP contribution in [0.5, 0.6) is 5.75 Å². The van der Waals surface area contributed by atoms with Gasteiger partial charge >= 0.3 is 0 Å². The van der Waals surface area contributed by atoms with E-state index in [1.54, 1.807) is 4.90 Å². The van der Waals surface area contributed by atoms with E-state index >= 15 is 0 Å². The van der Waals surface area contributed by atoms with Crippen LogP contribution in [0.2, 0.25) is 0 Å². The minimum Gasteiger partial charge on any atom is -0.483 e. The number of carbonyl (C=O) groups excluding carboxylic acids is 2. The van der Waals surface area contributed by atoms with Crippen molar-refractivity contribution in [3.63, 3.8) is 0 Å². The van der Waals surface area contributed by atoms with Crippen molar-refractivity contribution in [2.45, 2.75) is 71.5 Å². The Labute approximate surface area is 249 Å². The quantitative estimate of drug-likeness (QED) is 0.233. The van der Waals surface area contributed by atoms with E-state index in [0.29, 0.717) is 12.2 Å². The number of hydrogen-bond acceptors (Lipinski definition) is 3. The summed E-state index contributed by atoms with van der Waals surface area (Å²) in [5.41, 5.74) is 3.06. The molecule has 0 bridgehead atoms. The molecule has 0 unspecified atom stereocenters. The second kappa shape index (κ2) is 14.1. The molecular formula is C32H38Br2N2O3. The van der Waals surface area contributed by atoms with E-state index in [0.717, 1.165) is 32.1 Å². The molecule has 1 N–H and O–H groups in total. The van der Waals surface area contributed by atoms with Crippen molar-refractivity contribution in [3.05, 3.63) is 98.4 Å². The molecule has 0 aliphatic heterocycles. The highest BCUT2D eigenvalue weighted by Crippen LogP contribution is 2.31. The van der Waals surface area contributed by atoms with E-state index in [1.165, 1.54) is 0 Å². The van der Waals surface area contributed by atoms with Crippen molar-refractivity contribution in [3.8, 4) is 5.75 Å². The fourth-order valence-electron chi connectivity index (χ4n) is 4.09. The Hall–Kier alpha value is -2.64. The minimum absolute atomic E-state index is 0.00561. The van der Waals surface area contributed by atoms with Gasteiger partial charge in [-0.25, -0.2) is 0 Å². The maximum atomic E-state index is 13.8. The topological polar surface area (TPSA) is 58.6 Å². The highest BCUT2D eigenvalue weighted by atomic mass is 79.9. The van der Waals surface area contributed by atoms with Crippen LogP contribution < -0.4 is 10.1 Å². The van der Waals surface area contributed by atoms with Crippen molar-refractivity contribution in [2.24, 2.45) is 0 Å². The van der Waals surface area contributed by atoms with E-state index in [4.69, 9.17) is 4.74 Å². The molecule has 0 fully saturated rings. The molecule has 39 heavy (non-hydrogen) atoms. The lowest BCUT2D eigenvalue weighted by molar-refractivity contribution is -0.143. The molecule has 0 aromatic heterocycles. The number of amides is 2. The summed E-state index contributed by atoms with van der Waals surface area (Å²) in [6.07, 6.45) is 1.20. The van der Waals surface area contributed by atoms with Gasteiger partial charge in [0.05, 0.1) is 4.47 Å². The molecule has 0 aliphatic rings. The summed E-state index contributed by atoms with van der Waals surface area (Å²) in [6.45, 7) is 10.5. The Morgan fingerprint density at radius 2 is 1.62 bits per heavy atom. The summed E-state index contributed by atoms with van der Waals surface area (Å²) in [6, 6.07) is 22.8. The van der Waals surface area contributed by atoms with E-state index < -0.39 is 6.04 Å². The maximum absolute atomic E-state index is 13.8. The Morgan fingerprint density at radius 1 is 0.949 bits per heavy atom. The van der Waals surface area contributed by atoms with Crippen LogP contribution in [0.4, 0.5) is 0 Å². The van der Waals surface area contributed by atoms with Crippen LogP contribution in [-0.4, -0.2) is 35.4 Å². The average Bonchev–Trinajstić information content (AvgIpc) is 2.90. The van der Waals surface area contributed by atoms with E-state index in [2.05, 4.69) is 57.9 Å². The van der Waals surface area contributed by atoms with Crippen LogP contribution >= 0.6 is 31.9 Å². The second-order valence-electron chi connectivity index (χ2n) is 10.9. The van der Waals surface area contributed by atoms with Crippen LogP contribution in [0.15, 0.2) is 81.7 Å². The Morgan fingerprint density at radius 3 is 2.21 bits per heavy atom. The van der Waals surface area contributed by atoms with Crippen molar-refractivity contribution in [1.29, 1.82) is 0 Å². The largest absolute Gasteiger partial charge is 0.483 e. The molecule has 0 aliphatic carbocycles. The molecule has 3 rings (SSSR count). The number of nitrogens with zero attached hydrogens (tertiary/aromatic N) is 1. The number of hydrogen-bond donors (Lipinski definition) is 1. The average molecular weight is 658 g/mol. The van der Waals surface area contributed by atoms with E-state index in [1.807, 2.05) is 86.6 Å². The zero-order valence-corrected chi connectivity index (χ0v) is 26.5. The first-order valence-corrected chi connectivity index (χ1v) is 14.9. The van der Waals surface area contributed by atoms with E-state index in [-0.39, 0.29) is 36.4 Å². The van der Waals surface area contributed by atoms with Crippen LogP contribution in [0, 0.1) is 0 Å². The van der Waals surface area contributed by atoms with Gasteiger partial charge in [-0.2, -0.15) is 0 Å². The molecule has 0 heterocycles. The SMILES string of the molecule is CC[C@H](C)NC(=O)[C@H](Cc1ccccc1)N(Cc1ccc(Br)cc1)C(=O)COc1ccc(C(C)(C)C)cc1Br. The highest BCUT2D eigenvalue weighted by molar-refractivity contribution is 9.10. The van der Waals surface area contributed by atoms with Gasteiger partial charge < -0.3 is 15.0 Å². The number of ether oxygens (including phenoxy) is 1. The second-order valence-corrected chi connectivity index (χ2v) is 12.6. The van der Waals surface area contributed by atoms with Crippen molar-refractivity contribution < 1.29 is 14.3 Å². The molecule has 2 amide bonds. The third-order valence-corrected chi connectivity index (χ3v) is 7.84. The zero-order valence-electron chi connectivity index (χ0n) is 23.3. The summed E-state index contributed by atoms with van der Waals surface area (Å²) in [7, 11) is 0. The highest BCUT2D eigenvalue weighted by Gasteiger charge is 2.31. The number of rotatable bonds is 11. The molecule has 0 spiro atoms. The fraction of sp³-hybridized carbons (Fsp3) is 0.375. The van der Waals surface area contributed by atoms with Crippen LogP contribution in [0.3, 0.4) is 0 Å². The number of halogens is 2. The monoisotopic (exact) mass is 656 g/mol. The first-order chi connectivity index (χ1) is 18.5. The van der Waals surface area contributed by atoms with Gasteiger partial charge in [-0.3, -0.25) is 9.59 Å². The molecule has 3 aromatic rings. The molecule has 0 saturated heterocycles. The predicted molar refractivity (Wildman–Crippen MR) is 165 cm³/mol. The van der Waals surface area contributed by atoms with Crippen molar-refractivity contribution in [2.75, 3.05) is 6.61 Å². The first kappa shape index (κ1) is 30.9. The Balaban J connectivity index is 1.91. The molecule has 0 radical (unpaired) electrons. The summed E-state index contributed by atoms with van der Waals surface area (Å²) in [5, 5.41) is 3.09. The van der Waals surface area contributed by atoms with Crippen molar-refractivity contribution >= 4 is 43.7 Å². The number of benzene rings is 3. The van der Waals surface area contributed by atoms with Crippen LogP contribution in [0.25, 0.3) is 0 Å². The summed E-state index contributed by atoms with van der Waals surface area (Å²) in [4.78, 5) is 29.1. The molecule has 3 aromatic carbocycles. The summed E-state index contributed by atoms with van der Waals surface area (Å²) in [5.74, 6) is 0.155. The van der Waals surface area contributed by atoms with Crippen LogP contribution in [-0.2, 0) is 28.0 Å². The van der Waals surface area contributed by atoms with Gasteiger partial charge in [-0.1, -0.05) is 92.2 Å². The smallest absolute Gasteiger partial charge is 0.261 e. The van der Waals surface area contributed by atoms with Gasteiger partial charge in [0.25, 0.3) is 5.91 Å². The lowest BCUT2D eigenvalue weighted by Gasteiger charge is -2.32. The van der Waals surface area contributed by atoms with Gasteiger partial charge in [0.15, 0.2) is 6.61 Å². The van der Waals surface area contributed by atoms with Crippen molar-refractivity contribution in [1.82, 2.24) is 10.2 Å². The van der Waals surface area contributed by atoms with Gasteiger partial charge in [0.2, 0.25) is 5.91 Å². The summed E-state index contributed by atoms with van der Waals surface area (Å²) >= 11 is 7.08. The lowest BCUT2D eigenvalue weighted by Crippen LogP contribution is -2.53. The maximum Gasteiger partial charge on any atom is 0.261 e. The molecule has 208 valence electrons. The Bertz CT molecular complexity index is 1240. The van der Waals surface area contributed by atoms with E-state index in [9.17, 15) is 9.59 Å². The minimum atomic E-state index is -0.701.